The maximum Gasteiger partial charge on any atom is 0.534 e. The Balaban J connectivity index is 0.000000256. The van der Waals surface area contributed by atoms with Gasteiger partial charge in [-0.25, -0.2) is 30.7 Å². The van der Waals surface area contributed by atoms with E-state index in [0.717, 1.165) is 35.3 Å². The largest absolute Gasteiger partial charge is 0.534 e. The van der Waals surface area contributed by atoms with Crippen molar-refractivity contribution in [1.82, 2.24) is 16.3 Å². The molecule has 0 saturated carbocycles. The van der Waals surface area contributed by atoms with E-state index in [1.165, 1.54) is 29.8 Å². The molecule has 0 spiro atoms. The Morgan fingerprint density at radius 3 is 1.00 bits per heavy atom. The van der Waals surface area contributed by atoms with Crippen LogP contribution in [0.15, 0.2) is 161 Å². The Morgan fingerprint density at radius 1 is 0.481 bits per heavy atom. The third-order valence-electron chi connectivity index (χ3n) is 9.49. The number of hydrazone groups is 3. The van der Waals surface area contributed by atoms with Gasteiger partial charge in [0, 0.05) is 54.2 Å². The molecule has 3 N–H and O–H groups in total. The lowest BCUT2D eigenvalue weighted by molar-refractivity contribution is -0.0500. The van der Waals surface area contributed by atoms with Crippen molar-refractivity contribution in [3.63, 3.8) is 0 Å². The zero-order chi connectivity index (χ0) is 58.2. The topological polar surface area (TPSA) is 239 Å². The van der Waals surface area contributed by atoms with Crippen LogP contribution in [0.2, 0.25) is 15.1 Å². The summed E-state index contributed by atoms with van der Waals surface area (Å²) in [4.78, 5) is 34.6. The summed E-state index contributed by atoms with van der Waals surface area (Å²) in [6.07, 6.45) is 0.955. The number of hydrogen-bond acceptors (Lipinski definition) is 16. The van der Waals surface area contributed by atoms with Crippen LogP contribution < -0.4 is 24.6 Å². The third kappa shape index (κ3) is 22.1. The smallest absolute Gasteiger partial charge is 0.449 e. The van der Waals surface area contributed by atoms with E-state index in [9.17, 15) is 44.4 Å². The van der Waals surface area contributed by atoms with E-state index in [1.807, 2.05) is 24.3 Å². The molecule has 0 atom stereocenters. The second-order valence-corrected chi connectivity index (χ2v) is 20.6. The molecule has 0 unspecified atom stereocenters. The molecule has 27 heteroatoms. The van der Waals surface area contributed by atoms with Gasteiger partial charge < -0.3 is 22.6 Å². The van der Waals surface area contributed by atoms with E-state index < -0.39 is 49.8 Å². The Kier molecular flexibility index (Phi) is 25.4. The van der Waals surface area contributed by atoms with Crippen molar-refractivity contribution >= 4 is 102 Å². The minimum atomic E-state index is -5.79. The Morgan fingerprint density at radius 2 is 0.747 bits per heavy atom. The van der Waals surface area contributed by atoms with Gasteiger partial charge in [0.1, 0.15) is 11.5 Å². The number of ether oxygens (including phenoxy) is 3. The first kappa shape index (κ1) is 64.2. The number of nitrogens with one attached hydrogen (secondary N) is 3. The fourth-order valence-electron chi connectivity index (χ4n) is 6.12. The number of nitrogens with zero attached hydrogens (tertiary/aromatic N) is 3. The predicted molar refractivity (Wildman–Crippen MR) is 299 cm³/mol. The van der Waals surface area contributed by atoms with Crippen LogP contribution in [0, 0.1) is 0 Å². The summed E-state index contributed by atoms with van der Waals surface area (Å²) in [5.41, 5.74) is 7.88. The normalized spacial score (nSPS) is 11.8. The van der Waals surface area contributed by atoms with Gasteiger partial charge in [-0.2, -0.15) is 57.1 Å². The molecular weight excluding hydrogens is 1160 g/mol. The molecule has 0 heterocycles. The van der Waals surface area contributed by atoms with E-state index in [4.69, 9.17) is 53.2 Å². The lowest BCUT2D eigenvalue weighted by Gasteiger charge is -2.11. The van der Waals surface area contributed by atoms with Gasteiger partial charge in [0.2, 0.25) is 0 Å². The molecule has 0 saturated heterocycles. The summed E-state index contributed by atoms with van der Waals surface area (Å²) in [6.45, 7) is 5.67. The van der Waals surface area contributed by atoms with Crippen LogP contribution in [-0.2, 0) is 40.2 Å². The summed E-state index contributed by atoms with van der Waals surface area (Å²) in [5.74, 6) is 0.583. The lowest BCUT2D eigenvalue weighted by Crippen LogP contribution is -2.28. The van der Waals surface area contributed by atoms with Crippen LogP contribution in [0.1, 0.15) is 59.7 Å². The molecule has 0 aliphatic rings. The summed E-state index contributed by atoms with van der Waals surface area (Å²) in [5, 5.41) is 14.0. The highest BCUT2D eigenvalue weighted by atomic mass is 35.5. The predicted octanol–water partition coefficient (Wildman–Crippen LogP) is 11.9. The first-order valence-electron chi connectivity index (χ1n) is 22.9. The molecule has 0 fully saturated rings. The minimum absolute atomic E-state index is 0.122. The highest BCUT2D eigenvalue weighted by molar-refractivity contribution is 7.97. The van der Waals surface area contributed by atoms with E-state index in [2.05, 4.69) is 54.2 Å². The number of alkyl halides is 3. The molecule has 420 valence electrons. The van der Waals surface area contributed by atoms with E-state index in [1.54, 1.807) is 105 Å². The van der Waals surface area contributed by atoms with Crippen molar-refractivity contribution < 1.29 is 67.0 Å². The van der Waals surface area contributed by atoms with Crippen molar-refractivity contribution in [2.24, 2.45) is 15.3 Å². The van der Waals surface area contributed by atoms with Crippen molar-refractivity contribution in [3.8, 4) is 11.5 Å². The molecule has 6 aromatic carbocycles. The van der Waals surface area contributed by atoms with Gasteiger partial charge in [-0.1, -0.05) is 95.5 Å². The quantitative estimate of drug-likeness (QED) is 0.0239. The summed E-state index contributed by atoms with van der Waals surface area (Å²) >= 11 is 19.5. The first-order valence-corrected chi connectivity index (χ1v) is 28.7. The fraction of sp³-hybridized carbons (Fsp3) is 0.192. The van der Waals surface area contributed by atoms with Crippen LogP contribution in [0.5, 0.6) is 11.5 Å². The molecule has 0 radical (unpaired) electrons. The van der Waals surface area contributed by atoms with E-state index >= 15 is 0 Å². The maximum absolute atomic E-state index is 12.4. The highest BCUT2D eigenvalue weighted by Crippen LogP contribution is 2.28. The number of amides is 3. The van der Waals surface area contributed by atoms with Gasteiger partial charge in [-0.05, 0) is 118 Å². The zero-order valence-corrected chi connectivity index (χ0v) is 47.1. The first-order chi connectivity index (χ1) is 37.4. The number of halogens is 6. The van der Waals surface area contributed by atoms with Crippen molar-refractivity contribution in [1.29, 1.82) is 0 Å². The van der Waals surface area contributed by atoms with Crippen molar-refractivity contribution in [3.05, 3.63) is 200 Å². The second-order valence-electron chi connectivity index (χ2n) is 15.3. The number of rotatable bonds is 18. The number of carbonyl (C=O) groups is 3. The monoisotopic (exact) mass is 1210 g/mol. The average molecular weight is 1210 g/mol. The van der Waals surface area contributed by atoms with Gasteiger partial charge in [-0.15, -0.1) is 0 Å². The molecule has 0 aromatic heterocycles. The summed E-state index contributed by atoms with van der Waals surface area (Å²) < 4.78 is 105. The lowest BCUT2D eigenvalue weighted by atomic mass is 10.0. The van der Waals surface area contributed by atoms with Gasteiger partial charge in [0.15, 0.2) is 0 Å². The molecule has 0 aliphatic carbocycles. The van der Waals surface area contributed by atoms with Gasteiger partial charge in [0.25, 0.3) is 0 Å². The standard InChI is InChI=1S/C18H19ClN2O2S.C17H14ClF3N2O5S.C17H17ClN2O5S/c1-3-23-18(22)21-20-17(15-8-10-16(19)11-9-15)14-6-4-13(5-7-14)12-24-2;1-2-27-16(24)23-22-15(11-3-7-13(18)8-4-11)12-5-9-14(10-6-12)28-29(25,26)17(19,20)21;1-3-24-17(21)20-19-16(12-4-8-14(18)9-5-12)13-6-10-15(11-7-13)25-26(2,22)23/h4-11H,3,12H2,1-2H3,(H,21,22);3-10H,2H2,1H3,(H,23,24);4-11H,3H2,1-2H3,(H,20,21)/b20-17+;22-15-;19-16-. The van der Waals surface area contributed by atoms with Crippen LogP contribution in [0.3, 0.4) is 0 Å². The number of hydrogen-bond donors (Lipinski definition) is 3. The van der Waals surface area contributed by atoms with Gasteiger partial charge in [0.05, 0.1) is 43.2 Å². The SMILES string of the molecule is CCOC(=O)N/N=C(/c1ccc(Cl)cc1)c1ccc(CSC)cc1.CCOC(=O)N/N=C(/c1ccc(Cl)cc1)c1ccc(OS(=O)(=O)C(F)(F)F)cc1.CCOC(=O)N/N=C(/c1ccc(Cl)cc1)c1ccc(OS(C)(=O)=O)cc1. The molecular formula is C52H50Cl3F3N6O12S3. The van der Waals surface area contributed by atoms with Crippen LogP contribution >= 0.6 is 46.6 Å². The molecule has 79 heavy (non-hydrogen) atoms. The molecule has 0 aliphatic heterocycles. The molecule has 3 amide bonds. The van der Waals surface area contributed by atoms with Gasteiger partial charge >= 0.3 is 44.0 Å². The summed E-state index contributed by atoms with van der Waals surface area (Å²) in [7, 11) is -9.40. The second kappa shape index (κ2) is 31.3. The van der Waals surface area contributed by atoms with Gasteiger partial charge in [-0.3, -0.25) is 0 Å². The molecule has 6 rings (SSSR count). The van der Waals surface area contributed by atoms with E-state index in [-0.39, 0.29) is 24.7 Å². The zero-order valence-electron chi connectivity index (χ0n) is 42.4. The highest BCUT2D eigenvalue weighted by Gasteiger charge is 2.48. The van der Waals surface area contributed by atoms with Crippen LogP contribution in [0.4, 0.5) is 27.6 Å². The maximum atomic E-state index is 12.4. The Hall–Kier alpha value is -7.35. The van der Waals surface area contributed by atoms with Crippen LogP contribution in [-0.4, -0.2) is 90.1 Å². The van der Waals surface area contributed by atoms with E-state index in [0.29, 0.717) is 55.4 Å². The number of thioether (sulfide) groups is 1. The number of carbonyl (C=O) groups excluding carboxylic acids is 3. The van der Waals surface area contributed by atoms with Crippen molar-refractivity contribution in [2.45, 2.75) is 32.0 Å². The van der Waals surface area contributed by atoms with Crippen molar-refractivity contribution in [2.75, 3.05) is 32.3 Å². The average Bonchev–Trinajstić information content (AvgIpc) is 3.41. The minimum Gasteiger partial charge on any atom is -0.449 e. The van der Waals surface area contributed by atoms with Crippen LogP contribution in [0.25, 0.3) is 0 Å². The molecule has 0 bridgehead atoms. The Labute approximate surface area is 473 Å². The molecule has 6 aromatic rings. The fourth-order valence-corrected chi connectivity index (χ4v) is 7.94. The Bertz CT molecular complexity index is 3290. The summed E-state index contributed by atoms with van der Waals surface area (Å²) in [6, 6.07) is 39.5. The molecule has 18 nitrogen and oxygen atoms in total. The number of benzene rings is 6. The third-order valence-corrected chi connectivity index (χ3v) is 12.3.